The average molecular weight is 380 g/mol. The maximum atomic E-state index is 14.0. The normalized spacial score (nSPS) is 20.1. The van der Waals surface area contributed by atoms with Crippen molar-refractivity contribution in [2.75, 3.05) is 7.05 Å². The SMILES string of the molecule is CCC(=O)NC(NC)(C(=O)C1(C(N)=O)NCc2ccccc21)c1ccccc1. The molecule has 2 aromatic rings. The van der Waals surface area contributed by atoms with Crippen molar-refractivity contribution in [2.24, 2.45) is 5.73 Å². The molecule has 0 saturated carbocycles. The molecule has 1 heterocycles. The number of primary amides is 1. The Balaban J connectivity index is 2.23. The van der Waals surface area contributed by atoms with Crippen LogP contribution in [0.25, 0.3) is 0 Å². The summed E-state index contributed by atoms with van der Waals surface area (Å²) in [6.07, 6.45) is 0.178. The lowest BCUT2D eigenvalue weighted by Crippen LogP contribution is -2.69. The minimum atomic E-state index is -1.77. The van der Waals surface area contributed by atoms with Crippen LogP contribution in [0.15, 0.2) is 54.6 Å². The fourth-order valence-corrected chi connectivity index (χ4v) is 3.74. The molecule has 7 nitrogen and oxygen atoms in total. The van der Waals surface area contributed by atoms with Gasteiger partial charge in [-0.3, -0.25) is 25.0 Å². The maximum absolute atomic E-state index is 14.0. The highest BCUT2D eigenvalue weighted by atomic mass is 16.2. The number of hydrogen-bond acceptors (Lipinski definition) is 5. The lowest BCUT2D eigenvalue weighted by molar-refractivity contribution is -0.144. The number of benzene rings is 2. The van der Waals surface area contributed by atoms with Crippen LogP contribution in [0, 0.1) is 0 Å². The van der Waals surface area contributed by atoms with Crippen molar-refractivity contribution >= 4 is 17.6 Å². The van der Waals surface area contributed by atoms with E-state index >= 15 is 0 Å². The Morgan fingerprint density at radius 3 is 2.36 bits per heavy atom. The molecule has 2 atom stereocenters. The van der Waals surface area contributed by atoms with Crippen molar-refractivity contribution in [3.8, 4) is 0 Å². The van der Waals surface area contributed by atoms with Crippen LogP contribution in [0.4, 0.5) is 0 Å². The molecular formula is C21H24N4O3. The van der Waals surface area contributed by atoms with Crippen LogP contribution in [-0.2, 0) is 32.1 Å². The predicted octanol–water partition coefficient (Wildman–Crippen LogP) is 0.638. The first-order chi connectivity index (χ1) is 13.4. The maximum Gasteiger partial charge on any atom is 0.250 e. The molecule has 0 aromatic heterocycles. The Morgan fingerprint density at radius 2 is 1.75 bits per heavy atom. The van der Waals surface area contributed by atoms with Crippen LogP contribution in [0.5, 0.6) is 0 Å². The summed E-state index contributed by atoms with van der Waals surface area (Å²) in [5, 5.41) is 8.76. The summed E-state index contributed by atoms with van der Waals surface area (Å²) in [6, 6.07) is 15.9. The van der Waals surface area contributed by atoms with E-state index in [-0.39, 0.29) is 12.3 Å². The zero-order valence-corrected chi connectivity index (χ0v) is 15.9. The zero-order valence-electron chi connectivity index (χ0n) is 15.9. The lowest BCUT2D eigenvalue weighted by atomic mass is 9.77. The molecule has 0 radical (unpaired) electrons. The number of ketones is 1. The molecular weight excluding hydrogens is 356 g/mol. The van der Waals surface area contributed by atoms with Gasteiger partial charge in [0.25, 0.3) is 0 Å². The molecule has 1 aliphatic rings. The summed E-state index contributed by atoms with van der Waals surface area (Å²) in [6.45, 7) is 2.01. The van der Waals surface area contributed by atoms with E-state index in [2.05, 4.69) is 16.0 Å². The number of hydrogen-bond donors (Lipinski definition) is 4. The highest BCUT2D eigenvalue weighted by Gasteiger charge is 2.58. The molecule has 2 aromatic carbocycles. The van der Waals surface area contributed by atoms with Gasteiger partial charge in [0.15, 0.2) is 11.2 Å². The van der Waals surface area contributed by atoms with Crippen molar-refractivity contribution < 1.29 is 14.4 Å². The topological polar surface area (TPSA) is 113 Å². The first-order valence-corrected chi connectivity index (χ1v) is 9.16. The second-order valence-corrected chi connectivity index (χ2v) is 6.72. The summed E-state index contributed by atoms with van der Waals surface area (Å²) in [7, 11) is 1.57. The minimum Gasteiger partial charge on any atom is -0.367 e. The molecule has 28 heavy (non-hydrogen) atoms. The van der Waals surface area contributed by atoms with Crippen molar-refractivity contribution in [3.05, 3.63) is 71.3 Å². The summed E-state index contributed by atoms with van der Waals surface area (Å²) in [5.41, 5.74) is 4.21. The van der Waals surface area contributed by atoms with Crippen LogP contribution in [-0.4, -0.2) is 24.6 Å². The third-order valence-corrected chi connectivity index (χ3v) is 5.25. The van der Waals surface area contributed by atoms with Gasteiger partial charge in [-0.15, -0.1) is 0 Å². The van der Waals surface area contributed by atoms with E-state index in [9.17, 15) is 14.4 Å². The number of likely N-dealkylation sites (N-methyl/N-ethyl adjacent to an activating group) is 1. The molecule has 0 saturated heterocycles. The number of fused-ring (bicyclic) bond motifs is 1. The largest absolute Gasteiger partial charge is 0.367 e. The molecule has 3 rings (SSSR count). The molecule has 7 heteroatoms. The Labute approximate surface area is 163 Å². The van der Waals surface area contributed by atoms with Crippen LogP contribution in [0.3, 0.4) is 0 Å². The van der Waals surface area contributed by atoms with Crippen molar-refractivity contribution in [3.63, 3.8) is 0 Å². The Morgan fingerprint density at radius 1 is 1.11 bits per heavy atom. The van der Waals surface area contributed by atoms with Gasteiger partial charge in [-0.25, -0.2) is 0 Å². The van der Waals surface area contributed by atoms with Gasteiger partial charge in [0.05, 0.1) is 0 Å². The van der Waals surface area contributed by atoms with E-state index in [4.69, 9.17) is 5.73 Å². The molecule has 0 aliphatic carbocycles. The molecule has 146 valence electrons. The monoisotopic (exact) mass is 380 g/mol. The standard InChI is InChI=1S/C21H24N4O3/c1-3-17(26)25-21(23-2,15-10-5-4-6-11-15)18(27)20(19(22)28)16-12-8-7-9-14(16)13-24-20/h4-12,23-24H,3,13H2,1-2H3,(H2,22,28)(H,25,26). The molecule has 2 unspecified atom stereocenters. The number of amides is 2. The van der Waals surface area contributed by atoms with Crippen molar-refractivity contribution in [1.82, 2.24) is 16.0 Å². The summed E-state index contributed by atoms with van der Waals surface area (Å²) in [5.74, 6) is -1.73. The lowest BCUT2D eigenvalue weighted by Gasteiger charge is -2.39. The molecule has 2 amide bonds. The quantitative estimate of drug-likeness (QED) is 0.416. The number of nitrogens with two attached hydrogens (primary N) is 1. The Kier molecular flexibility index (Phi) is 5.31. The number of nitrogens with one attached hydrogen (secondary N) is 3. The second-order valence-electron chi connectivity index (χ2n) is 6.72. The van der Waals surface area contributed by atoms with E-state index in [1.165, 1.54) is 0 Å². The summed E-state index contributed by atoms with van der Waals surface area (Å²) in [4.78, 5) is 39.1. The molecule has 0 spiro atoms. The number of carbonyl (C=O) groups excluding carboxylic acids is 3. The Hall–Kier alpha value is -3.03. The molecule has 0 fully saturated rings. The van der Waals surface area contributed by atoms with Crippen molar-refractivity contribution in [1.29, 1.82) is 0 Å². The Bertz CT molecular complexity index is 915. The van der Waals surface area contributed by atoms with Gasteiger partial charge in [-0.05, 0) is 23.7 Å². The van der Waals surface area contributed by atoms with Gasteiger partial charge in [-0.1, -0.05) is 61.5 Å². The third kappa shape index (κ3) is 2.89. The predicted molar refractivity (Wildman–Crippen MR) is 105 cm³/mol. The van der Waals surface area contributed by atoms with E-state index < -0.39 is 22.9 Å². The van der Waals surface area contributed by atoms with Crippen molar-refractivity contribution in [2.45, 2.75) is 31.1 Å². The highest BCUT2D eigenvalue weighted by Crippen LogP contribution is 2.37. The van der Waals surface area contributed by atoms with Crippen LogP contribution < -0.4 is 21.7 Å². The fourth-order valence-electron chi connectivity index (χ4n) is 3.74. The van der Waals surface area contributed by atoms with Gasteiger partial charge >= 0.3 is 0 Å². The van der Waals surface area contributed by atoms with Crippen LogP contribution in [0.1, 0.15) is 30.0 Å². The van der Waals surface area contributed by atoms with E-state index in [1.54, 1.807) is 50.4 Å². The first kappa shape index (κ1) is 19.7. The van der Waals surface area contributed by atoms with E-state index in [1.807, 2.05) is 18.2 Å². The fraction of sp³-hybridized carbons (Fsp3) is 0.286. The van der Waals surface area contributed by atoms with Gasteiger partial charge in [0.1, 0.15) is 0 Å². The van der Waals surface area contributed by atoms with Gasteiger partial charge in [0, 0.05) is 13.0 Å². The van der Waals surface area contributed by atoms with Crippen LogP contribution in [0.2, 0.25) is 0 Å². The second kappa shape index (κ2) is 7.53. The number of rotatable bonds is 7. The average Bonchev–Trinajstić information content (AvgIpc) is 3.13. The summed E-state index contributed by atoms with van der Waals surface area (Å²) >= 11 is 0. The highest BCUT2D eigenvalue weighted by molar-refractivity contribution is 6.16. The smallest absolute Gasteiger partial charge is 0.250 e. The van der Waals surface area contributed by atoms with E-state index in [0.717, 1.165) is 5.56 Å². The number of carbonyl (C=O) groups is 3. The molecule has 5 N–H and O–H groups in total. The van der Waals surface area contributed by atoms with Gasteiger partial charge < -0.3 is 11.1 Å². The molecule has 0 bridgehead atoms. The summed E-state index contributed by atoms with van der Waals surface area (Å²) < 4.78 is 0. The van der Waals surface area contributed by atoms with Gasteiger partial charge in [0.2, 0.25) is 17.6 Å². The minimum absolute atomic E-state index is 0.178. The van der Waals surface area contributed by atoms with Crippen LogP contribution >= 0.6 is 0 Å². The molecule has 1 aliphatic heterocycles. The number of Topliss-reactive ketones (excluding diaryl/α,β-unsaturated/α-hetero) is 1. The van der Waals surface area contributed by atoms with Gasteiger partial charge in [-0.2, -0.15) is 0 Å². The first-order valence-electron chi connectivity index (χ1n) is 9.16. The third-order valence-electron chi connectivity index (χ3n) is 5.25. The zero-order chi connectivity index (χ0) is 20.4. The van der Waals surface area contributed by atoms with E-state index in [0.29, 0.717) is 17.7 Å².